The van der Waals surface area contributed by atoms with Crippen LogP contribution in [0.3, 0.4) is 0 Å². The number of aromatic nitrogens is 2. The van der Waals surface area contributed by atoms with E-state index in [2.05, 4.69) is 22.4 Å². The number of fused-ring (bicyclic) bond motifs is 1. The lowest BCUT2D eigenvalue weighted by molar-refractivity contribution is 0.951. The van der Waals surface area contributed by atoms with E-state index in [4.69, 9.17) is 0 Å². The molecular weight excluding hydrogens is 348 g/mol. The maximum Gasteiger partial charge on any atom is 0.267 e. The highest BCUT2D eigenvalue weighted by molar-refractivity contribution is 5.81. The highest BCUT2D eigenvalue weighted by Gasteiger charge is 2.12. The minimum Gasteiger partial charge on any atom is -0.268 e. The first kappa shape index (κ1) is 17.7. The quantitative estimate of drug-likeness (QED) is 0.420. The van der Waals surface area contributed by atoms with Gasteiger partial charge in [-0.15, -0.1) is 0 Å². The van der Waals surface area contributed by atoms with E-state index in [9.17, 15) is 4.79 Å². The standard InChI is InChI=1S/C23H20N4O/c1-2-17-11-8-12-19(15-17)27-22(28)20-13-6-7-14-21(20)25-23(27)26-24-16-18-9-4-3-5-10-18/h3-16H,2H2,1H3,(H,25,26)/b24-16+. The Morgan fingerprint density at radius 1 is 1.00 bits per heavy atom. The molecule has 1 N–H and O–H groups in total. The normalized spacial score (nSPS) is 11.2. The molecule has 0 radical (unpaired) electrons. The predicted octanol–water partition coefficient (Wildman–Crippen LogP) is 4.39. The summed E-state index contributed by atoms with van der Waals surface area (Å²) in [5.74, 6) is 0.379. The van der Waals surface area contributed by atoms with Gasteiger partial charge in [0.2, 0.25) is 5.95 Å². The predicted molar refractivity (Wildman–Crippen MR) is 114 cm³/mol. The summed E-state index contributed by atoms with van der Waals surface area (Å²) in [5.41, 5.74) is 6.33. The molecule has 0 saturated carbocycles. The molecule has 0 atom stereocenters. The number of hydrazone groups is 1. The van der Waals surface area contributed by atoms with Gasteiger partial charge in [0.15, 0.2) is 0 Å². The van der Waals surface area contributed by atoms with E-state index in [0.717, 1.165) is 23.2 Å². The number of aryl methyl sites for hydroxylation is 1. The third-order valence-electron chi connectivity index (χ3n) is 4.53. The van der Waals surface area contributed by atoms with E-state index in [1.165, 1.54) is 0 Å². The lowest BCUT2D eigenvalue weighted by atomic mass is 10.1. The zero-order valence-electron chi connectivity index (χ0n) is 15.5. The van der Waals surface area contributed by atoms with Crippen molar-refractivity contribution in [2.45, 2.75) is 13.3 Å². The Hall–Kier alpha value is -3.73. The van der Waals surface area contributed by atoms with Gasteiger partial charge in [-0.2, -0.15) is 5.10 Å². The third kappa shape index (κ3) is 3.55. The van der Waals surface area contributed by atoms with E-state index in [-0.39, 0.29) is 5.56 Å². The van der Waals surface area contributed by atoms with Crippen molar-refractivity contribution in [2.75, 3.05) is 5.43 Å². The highest BCUT2D eigenvalue weighted by Crippen LogP contribution is 2.17. The molecule has 0 aliphatic carbocycles. The molecule has 1 aromatic heterocycles. The van der Waals surface area contributed by atoms with Crippen LogP contribution in [0, 0.1) is 0 Å². The van der Waals surface area contributed by atoms with Crippen molar-refractivity contribution < 1.29 is 0 Å². The molecule has 4 rings (SSSR count). The number of benzene rings is 3. The molecular formula is C23H20N4O. The van der Waals surface area contributed by atoms with Gasteiger partial charge in [-0.25, -0.2) is 15.0 Å². The summed E-state index contributed by atoms with van der Waals surface area (Å²) in [7, 11) is 0. The second-order valence-electron chi connectivity index (χ2n) is 6.40. The summed E-state index contributed by atoms with van der Waals surface area (Å²) >= 11 is 0. The van der Waals surface area contributed by atoms with E-state index in [1.807, 2.05) is 72.8 Å². The Morgan fingerprint density at radius 2 is 1.79 bits per heavy atom. The van der Waals surface area contributed by atoms with Gasteiger partial charge in [0.25, 0.3) is 5.56 Å². The molecule has 4 aromatic rings. The first-order valence-electron chi connectivity index (χ1n) is 9.21. The fraction of sp³-hybridized carbons (Fsp3) is 0.0870. The van der Waals surface area contributed by atoms with Crippen LogP contribution in [-0.2, 0) is 6.42 Å². The summed E-state index contributed by atoms with van der Waals surface area (Å²) in [4.78, 5) is 17.9. The average molecular weight is 368 g/mol. The third-order valence-corrected chi connectivity index (χ3v) is 4.53. The summed E-state index contributed by atoms with van der Waals surface area (Å²) in [5, 5.41) is 4.86. The summed E-state index contributed by atoms with van der Waals surface area (Å²) in [6, 6.07) is 25.0. The van der Waals surface area contributed by atoms with E-state index in [1.54, 1.807) is 16.8 Å². The van der Waals surface area contributed by atoms with Gasteiger partial charge in [-0.1, -0.05) is 61.5 Å². The number of para-hydroxylation sites is 1. The number of nitrogens with one attached hydrogen (secondary N) is 1. The summed E-state index contributed by atoms with van der Waals surface area (Å²) in [6.07, 6.45) is 2.59. The van der Waals surface area contributed by atoms with Crippen molar-refractivity contribution in [3.05, 3.63) is 100 Å². The van der Waals surface area contributed by atoms with Crippen LogP contribution < -0.4 is 11.0 Å². The van der Waals surface area contributed by atoms with E-state index >= 15 is 0 Å². The van der Waals surface area contributed by atoms with Crippen LogP contribution in [0.2, 0.25) is 0 Å². The molecule has 0 fully saturated rings. The molecule has 0 bridgehead atoms. The van der Waals surface area contributed by atoms with Crippen LogP contribution in [-0.4, -0.2) is 15.8 Å². The van der Waals surface area contributed by atoms with Crippen molar-refractivity contribution in [3.8, 4) is 5.69 Å². The molecule has 3 aromatic carbocycles. The van der Waals surface area contributed by atoms with Crippen molar-refractivity contribution >= 4 is 23.1 Å². The largest absolute Gasteiger partial charge is 0.268 e. The molecule has 1 heterocycles. The highest BCUT2D eigenvalue weighted by atomic mass is 16.1. The molecule has 0 spiro atoms. The van der Waals surface area contributed by atoms with Crippen LogP contribution >= 0.6 is 0 Å². The number of rotatable bonds is 5. The fourth-order valence-electron chi connectivity index (χ4n) is 3.07. The van der Waals surface area contributed by atoms with Crippen molar-refractivity contribution in [1.82, 2.24) is 9.55 Å². The Labute approximate surface area is 163 Å². The molecule has 138 valence electrons. The Bertz CT molecular complexity index is 1200. The van der Waals surface area contributed by atoms with Gasteiger partial charge in [-0.05, 0) is 41.8 Å². The number of hydrogen-bond donors (Lipinski definition) is 1. The molecule has 5 heteroatoms. The fourth-order valence-corrected chi connectivity index (χ4v) is 3.07. The SMILES string of the molecule is CCc1cccc(-n2c(N/N=C/c3ccccc3)nc3ccccc3c2=O)c1. The van der Waals surface area contributed by atoms with Crippen LogP contribution in [0.1, 0.15) is 18.1 Å². The van der Waals surface area contributed by atoms with Gasteiger partial charge in [-0.3, -0.25) is 4.79 Å². The Balaban J connectivity index is 1.83. The van der Waals surface area contributed by atoms with Crippen LogP contribution in [0.15, 0.2) is 88.8 Å². The minimum atomic E-state index is -0.128. The first-order valence-corrected chi connectivity index (χ1v) is 9.21. The van der Waals surface area contributed by atoms with Crippen LogP contribution in [0.5, 0.6) is 0 Å². The molecule has 0 amide bonds. The molecule has 0 aliphatic rings. The number of hydrogen-bond acceptors (Lipinski definition) is 4. The topological polar surface area (TPSA) is 59.3 Å². The minimum absolute atomic E-state index is 0.128. The van der Waals surface area contributed by atoms with Crippen molar-refractivity contribution in [1.29, 1.82) is 0 Å². The van der Waals surface area contributed by atoms with Gasteiger partial charge >= 0.3 is 0 Å². The maximum atomic E-state index is 13.2. The van der Waals surface area contributed by atoms with Crippen molar-refractivity contribution in [2.24, 2.45) is 5.10 Å². The molecule has 0 aliphatic heterocycles. The van der Waals surface area contributed by atoms with Gasteiger partial charge in [0, 0.05) is 0 Å². The lowest BCUT2D eigenvalue weighted by Crippen LogP contribution is -2.22. The monoisotopic (exact) mass is 368 g/mol. The van der Waals surface area contributed by atoms with Gasteiger partial charge < -0.3 is 0 Å². The summed E-state index contributed by atoms with van der Waals surface area (Å²) in [6.45, 7) is 2.09. The molecule has 5 nitrogen and oxygen atoms in total. The molecule has 28 heavy (non-hydrogen) atoms. The second-order valence-corrected chi connectivity index (χ2v) is 6.40. The van der Waals surface area contributed by atoms with Crippen LogP contribution in [0.25, 0.3) is 16.6 Å². The van der Waals surface area contributed by atoms with Gasteiger partial charge in [0.1, 0.15) is 0 Å². The second kappa shape index (κ2) is 7.88. The summed E-state index contributed by atoms with van der Waals surface area (Å²) < 4.78 is 1.57. The lowest BCUT2D eigenvalue weighted by Gasteiger charge is -2.13. The van der Waals surface area contributed by atoms with Gasteiger partial charge in [0.05, 0.1) is 22.8 Å². The zero-order chi connectivity index (χ0) is 19.3. The molecule has 0 saturated heterocycles. The van der Waals surface area contributed by atoms with E-state index < -0.39 is 0 Å². The van der Waals surface area contributed by atoms with Crippen LogP contribution in [0.4, 0.5) is 5.95 Å². The average Bonchev–Trinajstić information content (AvgIpc) is 2.75. The number of nitrogens with zero attached hydrogens (tertiary/aromatic N) is 3. The smallest absolute Gasteiger partial charge is 0.267 e. The Kier molecular flexibility index (Phi) is 4.97. The Morgan fingerprint density at radius 3 is 2.61 bits per heavy atom. The maximum absolute atomic E-state index is 13.2. The number of anilines is 1. The zero-order valence-corrected chi connectivity index (χ0v) is 15.5. The van der Waals surface area contributed by atoms with Crippen molar-refractivity contribution in [3.63, 3.8) is 0 Å². The first-order chi connectivity index (χ1) is 13.8. The van der Waals surface area contributed by atoms with E-state index in [0.29, 0.717) is 16.9 Å². The molecule has 0 unspecified atom stereocenters.